The third-order valence-corrected chi connectivity index (χ3v) is 8.80. The van der Waals surface area contributed by atoms with Gasteiger partial charge in [0.25, 0.3) is 0 Å². The van der Waals surface area contributed by atoms with Crippen molar-refractivity contribution in [2.45, 2.75) is 83.5 Å². The molecule has 2 saturated carbocycles. The van der Waals surface area contributed by atoms with Gasteiger partial charge in [-0.3, -0.25) is 4.90 Å². The summed E-state index contributed by atoms with van der Waals surface area (Å²) in [6.45, 7) is 11.2. The fourth-order valence-corrected chi connectivity index (χ4v) is 6.73. The highest BCUT2D eigenvalue weighted by Gasteiger charge is 2.58. The van der Waals surface area contributed by atoms with E-state index < -0.39 is 5.82 Å². The lowest BCUT2D eigenvalue weighted by Crippen LogP contribution is -2.50. The number of nitrogens with one attached hydrogen (secondary N) is 1. The Hall–Kier alpha value is -2.15. The van der Waals surface area contributed by atoms with Crippen molar-refractivity contribution in [1.82, 2.24) is 14.7 Å². The van der Waals surface area contributed by atoms with Crippen molar-refractivity contribution in [3.63, 3.8) is 0 Å². The van der Waals surface area contributed by atoms with Gasteiger partial charge in [0.2, 0.25) is 0 Å². The van der Waals surface area contributed by atoms with Crippen molar-refractivity contribution in [3.8, 4) is 0 Å². The summed E-state index contributed by atoms with van der Waals surface area (Å²) in [5.41, 5.74) is 3.59. The van der Waals surface area contributed by atoms with Crippen LogP contribution in [0.15, 0.2) is 42.5 Å². The van der Waals surface area contributed by atoms with Gasteiger partial charge in [-0.2, -0.15) is 0 Å². The van der Waals surface area contributed by atoms with E-state index in [1.807, 2.05) is 4.90 Å². The minimum Gasteiger partial charge on any atom is -0.320 e. The Morgan fingerprint density at radius 2 is 1.84 bits per heavy atom. The second-order valence-corrected chi connectivity index (χ2v) is 12.5. The number of amides is 2. The van der Waals surface area contributed by atoms with Crippen molar-refractivity contribution in [3.05, 3.63) is 64.4 Å². The van der Waals surface area contributed by atoms with Crippen LogP contribution in [-0.2, 0) is 12.0 Å². The minimum absolute atomic E-state index is 0.0112. The van der Waals surface area contributed by atoms with Crippen LogP contribution in [0.25, 0.3) is 0 Å². The summed E-state index contributed by atoms with van der Waals surface area (Å²) in [5, 5.41) is 3.01. The van der Waals surface area contributed by atoms with Gasteiger partial charge in [-0.15, -0.1) is 0 Å². The molecule has 1 N–H and O–H groups in total. The van der Waals surface area contributed by atoms with Crippen LogP contribution in [0.4, 0.5) is 14.9 Å². The Kier molecular flexibility index (Phi) is 9.06. The molecule has 2 aromatic carbocycles. The molecular formula is C31H44ClFN4O. The largest absolute Gasteiger partial charge is 0.322 e. The molecule has 2 aliphatic rings. The topological polar surface area (TPSA) is 38.8 Å². The Morgan fingerprint density at radius 3 is 2.47 bits per heavy atom. The fourth-order valence-electron chi connectivity index (χ4n) is 6.55. The first kappa shape index (κ1) is 28.8. The van der Waals surface area contributed by atoms with E-state index in [-0.39, 0.29) is 22.5 Å². The molecule has 3 atom stereocenters. The highest BCUT2D eigenvalue weighted by molar-refractivity contribution is 6.31. The first-order valence-electron chi connectivity index (χ1n) is 14.0. The number of carbonyl (C=O) groups is 1. The van der Waals surface area contributed by atoms with E-state index in [0.717, 1.165) is 32.4 Å². The Bertz CT molecular complexity index is 1110. The Balaban J connectivity index is 1.50. The molecule has 7 heteroatoms. The summed E-state index contributed by atoms with van der Waals surface area (Å²) >= 11 is 5.99. The summed E-state index contributed by atoms with van der Waals surface area (Å²) < 4.78 is 13.7. The SMILES string of the molecule is CC(C)N(CCN(C(=O)Nc1ccc(F)c(Cl)c1)[C@@H]1CC[C@]2(c3cccc(CN(C)C)c3)CC2C1)C(C)C. The zero-order valence-electron chi connectivity index (χ0n) is 23.8. The van der Waals surface area contributed by atoms with Gasteiger partial charge < -0.3 is 15.1 Å². The van der Waals surface area contributed by atoms with Gasteiger partial charge in [-0.25, -0.2) is 9.18 Å². The molecule has 2 fully saturated rings. The molecule has 38 heavy (non-hydrogen) atoms. The van der Waals surface area contributed by atoms with Crippen LogP contribution in [0, 0.1) is 11.7 Å². The summed E-state index contributed by atoms with van der Waals surface area (Å²) in [5.74, 6) is 0.107. The van der Waals surface area contributed by atoms with Crippen LogP contribution in [0.2, 0.25) is 5.02 Å². The highest BCUT2D eigenvalue weighted by atomic mass is 35.5. The maximum atomic E-state index is 13.7. The number of hydrogen-bond donors (Lipinski definition) is 1. The highest BCUT2D eigenvalue weighted by Crippen LogP contribution is 2.63. The van der Waals surface area contributed by atoms with Gasteiger partial charge in [0.15, 0.2) is 0 Å². The molecule has 5 nitrogen and oxygen atoms in total. The van der Waals surface area contributed by atoms with E-state index in [9.17, 15) is 9.18 Å². The van der Waals surface area contributed by atoms with Crippen LogP contribution in [0.1, 0.15) is 64.5 Å². The van der Waals surface area contributed by atoms with E-state index >= 15 is 0 Å². The van der Waals surface area contributed by atoms with Crippen molar-refractivity contribution >= 4 is 23.3 Å². The third kappa shape index (κ3) is 6.52. The number of hydrogen-bond acceptors (Lipinski definition) is 3. The zero-order chi connectivity index (χ0) is 27.6. The zero-order valence-corrected chi connectivity index (χ0v) is 24.6. The predicted octanol–water partition coefficient (Wildman–Crippen LogP) is 7.00. The van der Waals surface area contributed by atoms with Crippen LogP contribution >= 0.6 is 11.6 Å². The summed E-state index contributed by atoms with van der Waals surface area (Å²) in [4.78, 5) is 20.3. The van der Waals surface area contributed by atoms with Crippen LogP contribution in [0.5, 0.6) is 0 Å². The summed E-state index contributed by atoms with van der Waals surface area (Å²) in [7, 11) is 4.21. The number of nitrogens with zero attached hydrogens (tertiary/aromatic N) is 3. The fraction of sp³-hybridized carbons (Fsp3) is 0.581. The quantitative estimate of drug-likeness (QED) is 0.351. The Labute approximate surface area is 233 Å². The third-order valence-electron chi connectivity index (χ3n) is 8.51. The van der Waals surface area contributed by atoms with Crippen molar-refractivity contribution in [1.29, 1.82) is 0 Å². The minimum atomic E-state index is -0.488. The number of fused-ring (bicyclic) bond motifs is 1. The van der Waals surface area contributed by atoms with E-state index in [0.29, 0.717) is 30.2 Å². The molecule has 2 aliphatic carbocycles. The molecule has 0 aliphatic heterocycles. The number of urea groups is 1. The summed E-state index contributed by atoms with van der Waals surface area (Å²) in [6, 6.07) is 14.3. The van der Waals surface area contributed by atoms with Crippen LogP contribution in [-0.4, -0.2) is 66.0 Å². The van der Waals surface area contributed by atoms with E-state index in [2.05, 4.69) is 81.2 Å². The normalized spacial score (nSPS) is 22.7. The van der Waals surface area contributed by atoms with Gasteiger partial charge >= 0.3 is 6.03 Å². The standard InChI is InChI=1S/C31H44ClFN4O/c1-21(2)36(22(3)4)14-15-37(30(38)34-26-10-11-29(33)28(32)18-26)27-12-13-31(19-25(31)17-27)24-9-7-8-23(16-24)20-35(5)6/h7-11,16,18,21-22,25,27H,12-15,17,19-20H2,1-6H3,(H,34,38)/t25?,27-,31-/m1/s1. The maximum absolute atomic E-state index is 13.7. The van der Waals surface area contributed by atoms with Gasteiger partial charge in [-0.05, 0) is 108 Å². The molecule has 0 heterocycles. The van der Waals surface area contributed by atoms with Crippen molar-refractivity contribution in [2.24, 2.45) is 5.92 Å². The number of anilines is 1. The predicted molar refractivity (Wildman–Crippen MR) is 155 cm³/mol. The smallest absolute Gasteiger partial charge is 0.320 e. The molecule has 0 saturated heterocycles. The molecule has 0 bridgehead atoms. The number of halogens is 2. The first-order chi connectivity index (χ1) is 18.0. The van der Waals surface area contributed by atoms with Crippen molar-refractivity contribution < 1.29 is 9.18 Å². The maximum Gasteiger partial charge on any atom is 0.322 e. The second kappa shape index (κ2) is 11.9. The lowest BCUT2D eigenvalue weighted by atomic mass is 9.80. The molecule has 0 aromatic heterocycles. The van der Waals surface area contributed by atoms with Crippen molar-refractivity contribution in [2.75, 3.05) is 32.5 Å². The molecule has 2 amide bonds. The molecular weight excluding hydrogens is 499 g/mol. The average molecular weight is 543 g/mol. The van der Waals surface area contributed by atoms with Gasteiger partial charge in [0, 0.05) is 43.4 Å². The summed E-state index contributed by atoms with van der Waals surface area (Å²) in [6.07, 6.45) is 4.29. The monoisotopic (exact) mass is 542 g/mol. The van der Waals surface area contributed by atoms with E-state index in [1.54, 1.807) is 6.07 Å². The van der Waals surface area contributed by atoms with Crippen LogP contribution < -0.4 is 5.32 Å². The lowest BCUT2D eigenvalue weighted by Gasteiger charge is -2.39. The molecule has 208 valence electrons. The molecule has 4 rings (SSSR count). The van der Waals surface area contributed by atoms with Crippen LogP contribution in [0.3, 0.4) is 0 Å². The lowest BCUT2D eigenvalue weighted by molar-refractivity contribution is 0.120. The first-order valence-corrected chi connectivity index (χ1v) is 14.4. The van der Waals surface area contributed by atoms with Gasteiger partial charge in [0.05, 0.1) is 5.02 Å². The van der Waals surface area contributed by atoms with E-state index in [1.165, 1.54) is 29.7 Å². The molecule has 0 radical (unpaired) electrons. The molecule has 1 unspecified atom stereocenters. The molecule has 0 spiro atoms. The van der Waals surface area contributed by atoms with E-state index in [4.69, 9.17) is 11.6 Å². The van der Waals surface area contributed by atoms with Gasteiger partial charge in [0.1, 0.15) is 5.82 Å². The van der Waals surface area contributed by atoms with Gasteiger partial charge in [-0.1, -0.05) is 35.9 Å². The number of rotatable bonds is 10. The number of carbonyl (C=O) groups excluding carboxylic acids is 1. The average Bonchev–Trinajstić information content (AvgIpc) is 3.58. The molecule has 2 aromatic rings. The Morgan fingerprint density at radius 1 is 1.11 bits per heavy atom. The number of benzene rings is 2. The second-order valence-electron chi connectivity index (χ2n) is 12.1.